The molecule has 0 radical (unpaired) electrons. The van der Waals surface area contributed by atoms with Gasteiger partial charge in [-0.05, 0) is 17.5 Å². The van der Waals surface area contributed by atoms with Crippen LogP contribution in [0.25, 0.3) is 10.1 Å². The van der Waals surface area contributed by atoms with Crippen molar-refractivity contribution < 1.29 is 29.0 Å². The fraction of sp³-hybridized carbons (Fsp3) is 0. The van der Waals surface area contributed by atoms with Crippen molar-refractivity contribution in [2.24, 2.45) is 0 Å². The van der Waals surface area contributed by atoms with Gasteiger partial charge in [0.15, 0.2) is 11.1 Å². The predicted octanol–water partition coefficient (Wildman–Crippen LogP) is -0.402. The molecule has 1 N–H and O–H groups in total. The van der Waals surface area contributed by atoms with Crippen LogP contribution in [0.3, 0.4) is 0 Å². The molecule has 0 aliphatic carbocycles. The first-order valence-corrected chi connectivity index (χ1v) is 5.29. The van der Waals surface area contributed by atoms with Gasteiger partial charge in [0.1, 0.15) is 4.21 Å². The predicted molar refractivity (Wildman–Crippen MR) is 52.0 cm³/mol. The number of hydrogen-bond acceptors (Lipinski definition) is 2. The number of thiophene rings is 1. The molecule has 2 aromatic rings. The van der Waals surface area contributed by atoms with E-state index in [0.29, 0.717) is 4.21 Å². The molecule has 0 bridgehead atoms. The summed E-state index contributed by atoms with van der Waals surface area (Å²) in [5.74, 6) is 0. The standard InChI is InChI=1S/C8H6O2S2.Li.H/c9-12(10)8-5-6-3-1-2-4-7(6)11-8;;/h1-5H,(H,9,10);;/q;+1;-1. The summed E-state index contributed by atoms with van der Waals surface area (Å²) in [6.45, 7) is 0. The Morgan fingerprint density at radius 2 is 2.08 bits per heavy atom. The summed E-state index contributed by atoms with van der Waals surface area (Å²) in [4.78, 5) is 0. The van der Waals surface area contributed by atoms with E-state index in [4.69, 9.17) is 4.55 Å². The van der Waals surface area contributed by atoms with Crippen molar-refractivity contribution in [3.8, 4) is 0 Å². The Morgan fingerprint density at radius 1 is 1.38 bits per heavy atom. The maximum Gasteiger partial charge on any atom is 1.00 e. The smallest absolute Gasteiger partial charge is 1.00 e. The van der Waals surface area contributed by atoms with Gasteiger partial charge in [0.05, 0.1) is 0 Å². The van der Waals surface area contributed by atoms with Gasteiger partial charge in [-0.3, -0.25) is 0 Å². The van der Waals surface area contributed by atoms with E-state index in [2.05, 4.69) is 0 Å². The summed E-state index contributed by atoms with van der Waals surface area (Å²) in [7, 11) is 0. The molecule has 1 heterocycles. The van der Waals surface area contributed by atoms with Crippen LogP contribution in [0.2, 0.25) is 0 Å². The third-order valence-electron chi connectivity index (χ3n) is 1.58. The zero-order valence-corrected chi connectivity index (χ0v) is 8.69. The second kappa shape index (κ2) is 4.40. The van der Waals surface area contributed by atoms with E-state index >= 15 is 0 Å². The summed E-state index contributed by atoms with van der Waals surface area (Å²) in [5.41, 5.74) is 0. The Bertz CT molecular complexity index is 411. The average molecular weight is 206 g/mol. The van der Waals surface area contributed by atoms with Crippen molar-refractivity contribution >= 4 is 32.5 Å². The van der Waals surface area contributed by atoms with Crippen LogP contribution in [-0.4, -0.2) is 8.76 Å². The van der Waals surface area contributed by atoms with Gasteiger partial charge in [0, 0.05) is 4.70 Å². The maximum atomic E-state index is 10.7. The van der Waals surface area contributed by atoms with E-state index in [9.17, 15) is 4.21 Å². The van der Waals surface area contributed by atoms with Crippen LogP contribution in [0.5, 0.6) is 0 Å². The molecule has 5 heteroatoms. The summed E-state index contributed by atoms with van der Waals surface area (Å²) < 4.78 is 21.1. The fourth-order valence-corrected chi connectivity index (χ4v) is 2.62. The van der Waals surface area contributed by atoms with Crippen LogP contribution in [-0.2, 0) is 11.1 Å². The van der Waals surface area contributed by atoms with Gasteiger partial charge >= 0.3 is 18.9 Å². The monoisotopic (exact) mass is 206 g/mol. The minimum absolute atomic E-state index is 0. The van der Waals surface area contributed by atoms with Crippen LogP contribution < -0.4 is 18.9 Å². The quantitative estimate of drug-likeness (QED) is 0.509. The SMILES string of the molecule is O=S(O)c1cc2ccccc2s1.[H-].[Li+]. The van der Waals surface area contributed by atoms with Gasteiger partial charge in [-0.25, -0.2) is 4.21 Å². The molecule has 0 fully saturated rings. The molecule has 1 aromatic heterocycles. The van der Waals surface area contributed by atoms with E-state index < -0.39 is 11.1 Å². The Kier molecular flexibility index (Phi) is 3.71. The summed E-state index contributed by atoms with van der Waals surface area (Å²) >= 11 is -0.488. The molecular weight excluding hydrogens is 199 g/mol. The molecule has 1 atom stereocenters. The van der Waals surface area contributed by atoms with E-state index in [0.717, 1.165) is 10.1 Å². The van der Waals surface area contributed by atoms with Crippen LogP contribution in [0, 0.1) is 0 Å². The summed E-state index contributed by atoms with van der Waals surface area (Å²) in [6.07, 6.45) is 0. The normalized spacial score (nSPS) is 12.4. The third kappa shape index (κ3) is 2.22. The molecule has 0 aliphatic rings. The van der Waals surface area contributed by atoms with E-state index in [1.807, 2.05) is 24.3 Å². The van der Waals surface area contributed by atoms with Gasteiger partial charge in [-0.1, -0.05) is 18.2 Å². The number of fused-ring (bicyclic) bond motifs is 1. The largest absolute Gasteiger partial charge is 1.00 e. The molecule has 0 saturated carbocycles. The van der Waals surface area contributed by atoms with Gasteiger partial charge < -0.3 is 5.98 Å². The summed E-state index contributed by atoms with van der Waals surface area (Å²) in [5, 5.41) is 1.03. The van der Waals surface area contributed by atoms with Crippen molar-refractivity contribution in [2.75, 3.05) is 0 Å². The van der Waals surface area contributed by atoms with Gasteiger partial charge in [-0.2, -0.15) is 0 Å². The molecule has 13 heavy (non-hydrogen) atoms. The molecule has 0 amide bonds. The third-order valence-corrected chi connectivity index (χ3v) is 3.63. The van der Waals surface area contributed by atoms with Gasteiger partial charge in [0.25, 0.3) is 0 Å². The van der Waals surface area contributed by atoms with Crippen molar-refractivity contribution in [1.82, 2.24) is 0 Å². The Morgan fingerprint density at radius 3 is 2.69 bits per heavy atom. The maximum absolute atomic E-state index is 10.7. The van der Waals surface area contributed by atoms with Crippen LogP contribution in [0.15, 0.2) is 34.5 Å². The average Bonchev–Trinajstić information content (AvgIpc) is 2.46. The van der Waals surface area contributed by atoms with Crippen LogP contribution >= 0.6 is 11.3 Å². The molecule has 2 nitrogen and oxygen atoms in total. The minimum Gasteiger partial charge on any atom is -1.00 e. The fourth-order valence-electron chi connectivity index (χ4n) is 1.04. The Hall–Kier alpha value is -0.113. The van der Waals surface area contributed by atoms with Crippen LogP contribution in [0.1, 0.15) is 1.43 Å². The van der Waals surface area contributed by atoms with Crippen molar-refractivity contribution in [3.63, 3.8) is 0 Å². The molecule has 2 rings (SSSR count). The van der Waals surface area contributed by atoms with Crippen LogP contribution in [0.4, 0.5) is 0 Å². The number of hydrogen-bond donors (Lipinski definition) is 1. The van der Waals surface area contributed by atoms with Crippen molar-refractivity contribution in [1.29, 1.82) is 0 Å². The topological polar surface area (TPSA) is 37.3 Å². The Labute approximate surface area is 95.9 Å². The van der Waals surface area contributed by atoms with E-state index in [-0.39, 0.29) is 20.3 Å². The molecule has 0 spiro atoms. The molecule has 0 saturated heterocycles. The number of rotatable bonds is 1. The van der Waals surface area contributed by atoms with Gasteiger partial charge in [-0.15, -0.1) is 11.3 Å². The zero-order chi connectivity index (χ0) is 8.55. The first-order valence-electron chi connectivity index (χ1n) is 3.37. The van der Waals surface area contributed by atoms with Crippen molar-refractivity contribution in [3.05, 3.63) is 30.3 Å². The minimum atomic E-state index is -1.84. The Balaban J connectivity index is 0.000000845. The second-order valence-electron chi connectivity index (χ2n) is 2.35. The van der Waals surface area contributed by atoms with Crippen molar-refractivity contribution in [2.45, 2.75) is 4.21 Å². The molecule has 0 aliphatic heterocycles. The van der Waals surface area contributed by atoms with E-state index in [1.54, 1.807) is 6.07 Å². The molecule has 64 valence electrons. The molecule has 1 unspecified atom stereocenters. The molecular formula is C8H7LiO2S2. The first-order chi connectivity index (χ1) is 5.77. The number of benzene rings is 1. The van der Waals surface area contributed by atoms with E-state index in [1.165, 1.54) is 11.3 Å². The molecule has 1 aromatic carbocycles. The zero-order valence-electron chi connectivity index (χ0n) is 8.06. The van der Waals surface area contributed by atoms with Gasteiger partial charge in [0.2, 0.25) is 0 Å². The first kappa shape index (κ1) is 11.0. The second-order valence-corrected chi connectivity index (χ2v) is 4.63. The summed E-state index contributed by atoms with van der Waals surface area (Å²) in [6, 6.07) is 9.46.